The maximum Gasteiger partial charge on any atom is 0.267 e. The molecule has 0 fully saturated rings. The van der Waals surface area contributed by atoms with Gasteiger partial charge in [0.2, 0.25) is 10.0 Å². The van der Waals surface area contributed by atoms with Crippen LogP contribution >= 0.6 is 34.5 Å². The number of nitrogens with two attached hydrogens (primary N) is 1. The van der Waals surface area contributed by atoms with E-state index in [9.17, 15) is 13.2 Å². The maximum atomic E-state index is 12.0. The van der Waals surface area contributed by atoms with Gasteiger partial charge in [0.1, 0.15) is 4.88 Å². The summed E-state index contributed by atoms with van der Waals surface area (Å²) < 4.78 is 22.5. The van der Waals surface area contributed by atoms with Crippen molar-refractivity contribution in [2.75, 3.05) is 5.32 Å². The van der Waals surface area contributed by atoms with Gasteiger partial charge in [0, 0.05) is 0 Å². The van der Waals surface area contributed by atoms with Gasteiger partial charge in [-0.2, -0.15) is 0 Å². The number of sulfonamides is 1. The largest absolute Gasteiger partial charge is 0.320 e. The SMILES string of the molecule is NS(=O)(=O)c1ccc(Cl)c(NC(=O)c2sccc2Cl)c1. The van der Waals surface area contributed by atoms with Crippen molar-refractivity contribution in [1.82, 2.24) is 0 Å². The van der Waals surface area contributed by atoms with Crippen molar-refractivity contribution in [2.45, 2.75) is 4.90 Å². The van der Waals surface area contributed by atoms with E-state index in [1.165, 1.54) is 18.2 Å². The number of primary sulfonamides is 1. The number of benzene rings is 1. The normalized spacial score (nSPS) is 11.3. The van der Waals surface area contributed by atoms with E-state index in [1.807, 2.05) is 0 Å². The van der Waals surface area contributed by atoms with E-state index >= 15 is 0 Å². The molecule has 9 heteroatoms. The van der Waals surface area contributed by atoms with Gasteiger partial charge >= 0.3 is 0 Å². The third kappa shape index (κ3) is 3.31. The predicted molar refractivity (Wildman–Crippen MR) is 80.1 cm³/mol. The first-order valence-corrected chi connectivity index (χ1v) is 8.34. The molecule has 0 aliphatic heterocycles. The van der Waals surface area contributed by atoms with Crippen LogP contribution in [-0.4, -0.2) is 14.3 Å². The summed E-state index contributed by atoms with van der Waals surface area (Å²) >= 11 is 12.9. The lowest BCUT2D eigenvalue weighted by Crippen LogP contribution is -2.14. The summed E-state index contributed by atoms with van der Waals surface area (Å²) in [5.41, 5.74) is 0.146. The van der Waals surface area contributed by atoms with E-state index in [0.717, 1.165) is 11.3 Å². The van der Waals surface area contributed by atoms with E-state index < -0.39 is 15.9 Å². The van der Waals surface area contributed by atoms with Crippen LogP contribution in [-0.2, 0) is 10.0 Å². The molecule has 1 amide bonds. The third-order valence-electron chi connectivity index (χ3n) is 2.34. The molecule has 0 spiro atoms. The van der Waals surface area contributed by atoms with Crippen LogP contribution in [0.5, 0.6) is 0 Å². The first-order chi connectivity index (χ1) is 9.29. The fourth-order valence-corrected chi connectivity index (χ4v) is 3.15. The van der Waals surface area contributed by atoms with E-state index in [1.54, 1.807) is 11.4 Å². The summed E-state index contributed by atoms with van der Waals surface area (Å²) in [6.45, 7) is 0. The molecule has 106 valence electrons. The van der Waals surface area contributed by atoms with Crippen LogP contribution in [0.25, 0.3) is 0 Å². The van der Waals surface area contributed by atoms with Crippen LogP contribution in [0.2, 0.25) is 10.0 Å². The number of hydrogen-bond donors (Lipinski definition) is 2. The molecular formula is C11H8Cl2N2O3S2. The van der Waals surface area contributed by atoms with Gasteiger partial charge in [0.05, 0.1) is 20.6 Å². The Balaban J connectivity index is 2.34. The number of thiophene rings is 1. The number of halogens is 2. The number of nitrogens with one attached hydrogen (secondary N) is 1. The minimum Gasteiger partial charge on any atom is -0.320 e. The van der Waals surface area contributed by atoms with Gasteiger partial charge in [-0.3, -0.25) is 4.79 Å². The molecule has 0 saturated carbocycles. The van der Waals surface area contributed by atoms with Crippen LogP contribution in [0, 0.1) is 0 Å². The van der Waals surface area contributed by atoms with Crippen molar-refractivity contribution < 1.29 is 13.2 Å². The molecule has 20 heavy (non-hydrogen) atoms. The van der Waals surface area contributed by atoms with Crippen molar-refractivity contribution in [1.29, 1.82) is 0 Å². The standard InChI is InChI=1S/C11H8Cl2N2O3S2/c12-7-2-1-6(20(14,17)18)5-9(7)15-11(16)10-8(13)3-4-19-10/h1-5H,(H,15,16)(H2,14,17,18). The molecule has 1 aromatic heterocycles. The van der Waals surface area contributed by atoms with Crippen LogP contribution < -0.4 is 10.5 Å². The smallest absolute Gasteiger partial charge is 0.267 e. The van der Waals surface area contributed by atoms with E-state index in [4.69, 9.17) is 28.3 Å². The van der Waals surface area contributed by atoms with Gasteiger partial charge in [0.25, 0.3) is 5.91 Å². The van der Waals surface area contributed by atoms with Crippen LogP contribution in [0.15, 0.2) is 34.5 Å². The molecule has 1 heterocycles. The van der Waals surface area contributed by atoms with Gasteiger partial charge in [-0.05, 0) is 29.6 Å². The summed E-state index contributed by atoms with van der Waals surface area (Å²) in [7, 11) is -3.87. The topological polar surface area (TPSA) is 89.3 Å². The molecule has 0 radical (unpaired) electrons. The molecule has 2 rings (SSSR count). The molecule has 2 aromatic rings. The fraction of sp³-hybridized carbons (Fsp3) is 0. The first-order valence-electron chi connectivity index (χ1n) is 5.16. The maximum absolute atomic E-state index is 12.0. The molecule has 1 aromatic carbocycles. The zero-order chi connectivity index (χ0) is 14.9. The van der Waals surface area contributed by atoms with Crippen molar-refractivity contribution in [3.8, 4) is 0 Å². The van der Waals surface area contributed by atoms with E-state index in [-0.39, 0.29) is 15.6 Å². The first kappa shape index (κ1) is 15.3. The molecule has 0 saturated heterocycles. The molecule has 3 N–H and O–H groups in total. The number of anilines is 1. The molecule has 0 bridgehead atoms. The highest BCUT2D eigenvalue weighted by molar-refractivity contribution is 7.89. The number of carbonyl (C=O) groups excluding carboxylic acids is 1. The third-order valence-corrected chi connectivity index (χ3v) is 4.92. The second-order valence-electron chi connectivity index (χ2n) is 3.74. The van der Waals surface area contributed by atoms with Gasteiger partial charge in [-0.25, -0.2) is 13.6 Å². The predicted octanol–water partition coefficient (Wildman–Crippen LogP) is 2.95. The Morgan fingerprint density at radius 2 is 1.90 bits per heavy atom. The molecule has 0 unspecified atom stereocenters. The molecule has 0 atom stereocenters. The van der Waals surface area contributed by atoms with Gasteiger partial charge in [0.15, 0.2) is 0 Å². The van der Waals surface area contributed by atoms with Crippen molar-refractivity contribution in [3.05, 3.63) is 44.6 Å². The lowest BCUT2D eigenvalue weighted by Gasteiger charge is -2.08. The average Bonchev–Trinajstić information content (AvgIpc) is 2.77. The second kappa shape index (κ2) is 5.71. The van der Waals surface area contributed by atoms with Gasteiger partial charge in [-0.15, -0.1) is 11.3 Å². The zero-order valence-corrected chi connectivity index (χ0v) is 12.9. The van der Waals surface area contributed by atoms with Crippen LogP contribution in [0.1, 0.15) is 9.67 Å². The monoisotopic (exact) mass is 350 g/mol. The Morgan fingerprint density at radius 1 is 1.20 bits per heavy atom. The highest BCUT2D eigenvalue weighted by Crippen LogP contribution is 2.27. The average molecular weight is 351 g/mol. The summed E-state index contributed by atoms with van der Waals surface area (Å²) in [6.07, 6.45) is 0. The number of carbonyl (C=O) groups is 1. The Labute approximate surface area is 129 Å². The summed E-state index contributed by atoms with van der Waals surface area (Å²) in [4.78, 5) is 12.1. The minimum atomic E-state index is -3.87. The summed E-state index contributed by atoms with van der Waals surface area (Å²) in [5.74, 6) is -0.474. The Kier molecular flexibility index (Phi) is 4.36. The van der Waals surface area contributed by atoms with Crippen molar-refractivity contribution in [3.63, 3.8) is 0 Å². The molecule has 5 nitrogen and oxygen atoms in total. The highest BCUT2D eigenvalue weighted by Gasteiger charge is 2.16. The van der Waals surface area contributed by atoms with E-state index in [2.05, 4.69) is 5.32 Å². The molecule has 0 aliphatic carbocycles. The lowest BCUT2D eigenvalue weighted by molar-refractivity contribution is 0.103. The zero-order valence-electron chi connectivity index (χ0n) is 9.76. The van der Waals surface area contributed by atoms with Crippen LogP contribution in [0.3, 0.4) is 0 Å². The quantitative estimate of drug-likeness (QED) is 0.891. The van der Waals surface area contributed by atoms with Crippen molar-refractivity contribution >= 4 is 56.2 Å². The second-order valence-corrected chi connectivity index (χ2v) is 7.03. The Hall–Kier alpha value is -1.12. The fourth-order valence-electron chi connectivity index (χ4n) is 1.41. The Bertz CT molecular complexity index is 772. The van der Waals surface area contributed by atoms with Crippen molar-refractivity contribution in [2.24, 2.45) is 5.14 Å². The molecule has 0 aliphatic rings. The minimum absolute atomic E-state index is 0.144. The number of hydrogen-bond acceptors (Lipinski definition) is 4. The number of rotatable bonds is 3. The Morgan fingerprint density at radius 3 is 2.45 bits per heavy atom. The molecular weight excluding hydrogens is 343 g/mol. The summed E-state index contributed by atoms with van der Waals surface area (Å²) in [5, 5.41) is 9.69. The lowest BCUT2D eigenvalue weighted by atomic mass is 10.3. The van der Waals surface area contributed by atoms with E-state index in [0.29, 0.717) is 9.90 Å². The highest BCUT2D eigenvalue weighted by atomic mass is 35.5. The number of amides is 1. The summed E-state index contributed by atoms with van der Waals surface area (Å²) in [6, 6.07) is 5.37. The van der Waals surface area contributed by atoms with Crippen LogP contribution in [0.4, 0.5) is 5.69 Å². The van der Waals surface area contributed by atoms with Gasteiger partial charge in [-0.1, -0.05) is 23.2 Å². The van der Waals surface area contributed by atoms with Gasteiger partial charge < -0.3 is 5.32 Å².